The third-order valence-corrected chi connectivity index (χ3v) is 4.67. The highest BCUT2D eigenvalue weighted by atomic mass is 19.3. The summed E-state index contributed by atoms with van der Waals surface area (Å²) < 4.78 is 34.5. The summed E-state index contributed by atoms with van der Waals surface area (Å²) in [5, 5.41) is 5.80. The summed E-state index contributed by atoms with van der Waals surface area (Å²) in [6, 6.07) is 6.22. The van der Waals surface area contributed by atoms with Crippen molar-refractivity contribution in [2.45, 2.75) is 51.0 Å². The lowest BCUT2D eigenvalue weighted by Gasteiger charge is -2.33. The third kappa shape index (κ3) is 4.35. The Labute approximate surface area is 139 Å². The van der Waals surface area contributed by atoms with Gasteiger partial charge in [0.05, 0.1) is 6.10 Å². The number of carbonyl (C=O) groups is 1. The van der Waals surface area contributed by atoms with E-state index in [1.807, 2.05) is 0 Å². The topological polar surface area (TPSA) is 59.6 Å². The second-order valence-corrected chi connectivity index (χ2v) is 6.25. The van der Waals surface area contributed by atoms with Crippen LogP contribution in [0, 0.1) is 5.92 Å². The van der Waals surface area contributed by atoms with Gasteiger partial charge in [0.2, 0.25) is 0 Å². The van der Waals surface area contributed by atoms with Crippen LogP contribution in [0.1, 0.15) is 31.2 Å². The first-order valence-electron chi connectivity index (χ1n) is 8.31. The summed E-state index contributed by atoms with van der Waals surface area (Å²) in [6.45, 7) is -1.83. The zero-order valence-electron chi connectivity index (χ0n) is 13.3. The van der Waals surface area contributed by atoms with E-state index in [1.54, 1.807) is 12.1 Å². The lowest BCUT2D eigenvalue weighted by atomic mass is 9.82. The van der Waals surface area contributed by atoms with Crippen molar-refractivity contribution in [2.75, 3.05) is 6.61 Å². The fourth-order valence-electron chi connectivity index (χ4n) is 3.59. The number of hydrogen-bond acceptors (Lipinski definition) is 3. The van der Waals surface area contributed by atoms with Crippen LogP contribution in [0.2, 0.25) is 0 Å². The quantitative estimate of drug-likeness (QED) is 0.866. The largest absolute Gasteiger partial charge is 0.435 e. The number of fused-ring (bicyclic) bond motifs is 1. The van der Waals surface area contributed by atoms with Gasteiger partial charge in [0.15, 0.2) is 0 Å². The standard InChI is InChI=1S/C17H22F2N2O3/c18-16(19)24-12-4-1-3-11(9-12)10-20-17(22)21-14-5-2-6-15-13(14)7-8-23-15/h1,3-4,9,13-16H,2,5-8,10H2,(H2,20,21,22)/t13-,14+,15+/m0/s1. The molecule has 3 rings (SSSR count). The average molecular weight is 340 g/mol. The van der Waals surface area contributed by atoms with E-state index in [-0.39, 0.29) is 30.5 Å². The van der Waals surface area contributed by atoms with E-state index >= 15 is 0 Å². The Kier molecular flexibility index (Phi) is 5.50. The van der Waals surface area contributed by atoms with E-state index in [0.29, 0.717) is 11.5 Å². The zero-order valence-corrected chi connectivity index (χ0v) is 13.3. The van der Waals surface area contributed by atoms with Gasteiger partial charge in [-0.3, -0.25) is 0 Å². The molecule has 0 spiro atoms. The first kappa shape index (κ1) is 17.0. The van der Waals surface area contributed by atoms with E-state index in [4.69, 9.17) is 4.74 Å². The van der Waals surface area contributed by atoms with Gasteiger partial charge in [-0.15, -0.1) is 0 Å². The maximum absolute atomic E-state index is 12.2. The molecule has 132 valence electrons. The Morgan fingerprint density at radius 2 is 2.21 bits per heavy atom. The van der Waals surface area contributed by atoms with Gasteiger partial charge in [-0.25, -0.2) is 4.79 Å². The van der Waals surface area contributed by atoms with Gasteiger partial charge < -0.3 is 20.1 Å². The van der Waals surface area contributed by atoms with Crippen LogP contribution >= 0.6 is 0 Å². The molecular formula is C17H22F2N2O3. The molecule has 1 heterocycles. The zero-order chi connectivity index (χ0) is 16.9. The van der Waals surface area contributed by atoms with Gasteiger partial charge in [0, 0.05) is 25.1 Å². The lowest BCUT2D eigenvalue weighted by Crippen LogP contribution is -2.49. The molecule has 3 atom stereocenters. The summed E-state index contributed by atoms with van der Waals surface area (Å²) in [7, 11) is 0. The highest BCUT2D eigenvalue weighted by molar-refractivity contribution is 5.74. The molecule has 0 unspecified atom stereocenters. The molecule has 24 heavy (non-hydrogen) atoms. The predicted molar refractivity (Wildman–Crippen MR) is 83.9 cm³/mol. The molecule has 2 N–H and O–H groups in total. The molecule has 2 fully saturated rings. The van der Waals surface area contributed by atoms with Gasteiger partial charge in [-0.2, -0.15) is 8.78 Å². The predicted octanol–water partition coefficient (Wildman–Crippen LogP) is 3.04. The summed E-state index contributed by atoms with van der Waals surface area (Å²) >= 11 is 0. The van der Waals surface area contributed by atoms with Crippen LogP contribution in [-0.2, 0) is 11.3 Å². The summed E-state index contributed by atoms with van der Waals surface area (Å²) in [5.74, 6) is 0.482. The monoisotopic (exact) mass is 340 g/mol. The van der Waals surface area contributed by atoms with E-state index in [2.05, 4.69) is 15.4 Å². The van der Waals surface area contributed by atoms with Crippen molar-refractivity contribution in [3.63, 3.8) is 0 Å². The summed E-state index contributed by atoms with van der Waals surface area (Å²) in [5.41, 5.74) is 0.703. The number of amides is 2. The van der Waals surface area contributed by atoms with Crippen LogP contribution < -0.4 is 15.4 Å². The van der Waals surface area contributed by atoms with Crippen LogP contribution in [0.5, 0.6) is 5.75 Å². The van der Waals surface area contributed by atoms with Crippen LogP contribution in [0.3, 0.4) is 0 Å². The maximum atomic E-state index is 12.2. The van der Waals surface area contributed by atoms with Gasteiger partial charge >= 0.3 is 12.6 Å². The number of rotatable bonds is 5. The van der Waals surface area contributed by atoms with E-state index in [1.165, 1.54) is 12.1 Å². The molecule has 1 aromatic carbocycles. The maximum Gasteiger partial charge on any atom is 0.387 e. The van der Waals surface area contributed by atoms with E-state index < -0.39 is 6.61 Å². The Balaban J connectivity index is 1.48. The van der Waals surface area contributed by atoms with Crippen molar-refractivity contribution in [1.29, 1.82) is 0 Å². The van der Waals surface area contributed by atoms with Crippen LogP contribution in [0.25, 0.3) is 0 Å². The minimum absolute atomic E-state index is 0.0861. The molecule has 1 aromatic rings. The minimum atomic E-state index is -2.86. The van der Waals surface area contributed by atoms with Gasteiger partial charge in [0.1, 0.15) is 5.75 Å². The van der Waals surface area contributed by atoms with Gasteiger partial charge in [-0.1, -0.05) is 12.1 Å². The normalized spacial score (nSPS) is 26.0. The third-order valence-electron chi connectivity index (χ3n) is 4.67. The fourth-order valence-corrected chi connectivity index (χ4v) is 3.59. The first-order valence-corrected chi connectivity index (χ1v) is 8.31. The van der Waals surface area contributed by atoms with Crippen molar-refractivity contribution in [1.82, 2.24) is 10.6 Å². The molecule has 1 aliphatic carbocycles. The first-order chi connectivity index (χ1) is 11.6. The van der Waals surface area contributed by atoms with Gasteiger partial charge in [-0.05, 0) is 43.4 Å². The van der Waals surface area contributed by atoms with Crippen molar-refractivity contribution in [3.05, 3.63) is 29.8 Å². The van der Waals surface area contributed by atoms with Gasteiger partial charge in [0.25, 0.3) is 0 Å². The molecule has 7 heteroatoms. The average Bonchev–Trinajstić information content (AvgIpc) is 3.02. The van der Waals surface area contributed by atoms with Crippen LogP contribution in [0.4, 0.5) is 13.6 Å². The lowest BCUT2D eigenvalue weighted by molar-refractivity contribution is -0.0498. The number of urea groups is 1. The smallest absolute Gasteiger partial charge is 0.387 e. The molecule has 5 nitrogen and oxygen atoms in total. The molecular weight excluding hydrogens is 318 g/mol. The highest BCUT2D eigenvalue weighted by Gasteiger charge is 2.38. The molecule has 1 saturated heterocycles. The van der Waals surface area contributed by atoms with Crippen LogP contribution in [0.15, 0.2) is 24.3 Å². The number of ether oxygens (including phenoxy) is 2. The van der Waals surface area contributed by atoms with Crippen LogP contribution in [-0.4, -0.2) is 31.4 Å². The number of carbonyl (C=O) groups excluding carboxylic acids is 1. The fraction of sp³-hybridized carbons (Fsp3) is 0.588. The molecule has 0 radical (unpaired) electrons. The SMILES string of the molecule is O=C(NCc1cccc(OC(F)F)c1)N[C@@H]1CCC[C@H]2OCC[C@@H]12. The molecule has 2 amide bonds. The number of benzene rings is 1. The molecule has 0 bridgehead atoms. The van der Waals surface area contributed by atoms with Crippen molar-refractivity contribution in [2.24, 2.45) is 5.92 Å². The van der Waals surface area contributed by atoms with Crippen molar-refractivity contribution >= 4 is 6.03 Å². The molecule has 2 aliphatic rings. The summed E-state index contributed by atoms with van der Waals surface area (Å²) in [4.78, 5) is 12.1. The Morgan fingerprint density at radius 1 is 1.33 bits per heavy atom. The number of hydrogen-bond donors (Lipinski definition) is 2. The number of alkyl halides is 2. The van der Waals surface area contributed by atoms with E-state index in [9.17, 15) is 13.6 Å². The van der Waals surface area contributed by atoms with Crippen molar-refractivity contribution in [3.8, 4) is 5.75 Å². The van der Waals surface area contributed by atoms with E-state index in [0.717, 1.165) is 32.3 Å². The minimum Gasteiger partial charge on any atom is -0.435 e. The second kappa shape index (κ2) is 7.79. The number of nitrogens with one attached hydrogen (secondary N) is 2. The number of halogens is 2. The Hall–Kier alpha value is -1.89. The molecule has 0 aromatic heterocycles. The Bertz CT molecular complexity index is 571. The Morgan fingerprint density at radius 3 is 3.04 bits per heavy atom. The second-order valence-electron chi connectivity index (χ2n) is 6.25. The summed E-state index contributed by atoms with van der Waals surface area (Å²) in [6.07, 6.45) is 4.35. The molecule has 1 aliphatic heterocycles. The molecule has 1 saturated carbocycles. The van der Waals surface area contributed by atoms with Crippen molar-refractivity contribution < 1.29 is 23.0 Å². The highest BCUT2D eigenvalue weighted by Crippen LogP contribution is 2.34.